The second-order valence-corrected chi connectivity index (χ2v) is 31.6. The third kappa shape index (κ3) is 15.3. The van der Waals surface area contributed by atoms with Crippen molar-refractivity contribution in [2.45, 2.75) is 123 Å². The molecule has 111 heavy (non-hydrogen) atoms. The van der Waals surface area contributed by atoms with Crippen LogP contribution in [0.3, 0.4) is 0 Å². The van der Waals surface area contributed by atoms with Gasteiger partial charge >= 0.3 is 39.1 Å². The maximum atomic E-state index is 14.5. The number of aromatic nitrogens is 20. The number of fused-ring (bicyclic) bond motifs is 5. The molecular formula is C50H62N25O31P5. The maximum Gasteiger partial charge on any atom is 0.472 e. The Labute approximate surface area is 614 Å². The van der Waals surface area contributed by atoms with Gasteiger partial charge in [-0.2, -0.15) is 0 Å². The van der Waals surface area contributed by atoms with Crippen LogP contribution in [0.1, 0.15) is 31.1 Å². The Morgan fingerprint density at radius 2 is 0.514 bits per heavy atom. The maximum absolute atomic E-state index is 14.5. The minimum atomic E-state index is -5.87. The lowest BCUT2D eigenvalue weighted by Gasteiger charge is -2.27. The van der Waals surface area contributed by atoms with Gasteiger partial charge in [0.05, 0.1) is 64.7 Å². The fraction of sp³-hybridized carbons (Fsp3) is 0.500. The van der Waals surface area contributed by atoms with E-state index in [0.717, 1.165) is 75.2 Å². The highest BCUT2D eigenvalue weighted by atomic mass is 31.2. The molecular weight excluding hydrogens is 1600 g/mol. The van der Waals surface area contributed by atoms with Crippen molar-refractivity contribution in [2.24, 2.45) is 0 Å². The van der Waals surface area contributed by atoms with Gasteiger partial charge in [0, 0.05) is 0 Å². The van der Waals surface area contributed by atoms with E-state index >= 15 is 0 Å². The van der Waals surface area contributed by atoms with Gasteiger partial charge in [-0.05, 0) is 0 Å². The van der Waals surface area contributed by atoms with Crippen LogP contribution in [0.4, 0.5) is 29.1 Å². The van der Waals surface area contributed by atoms with E-state index in [1.165, 1.54) is 10.9 Å². The molecule has 4 unspecified atom stereocenters. The number of aliphatic hydroxyl groups is 6. The van der Waals surface area contributed by atoms with Crippen LogP contribution in [-0.4, -0.2) is 282 Å². The standard InChI is InChI=1S/C50H62N25O31P5/c51-36-21-41(61-6-56-36)71(11-66-21)46-26(77)31(16(1-76)97-46)103-108(85,86)94-3-18-33(28(79)48(99-18)73-13-68-23-38(53)58-8-63-43(23)73)105-110(89,90)96-5-20-35(30(81)50(101-20)75-15-70-25-40(55)60-10-65-45(25)75)106-111(91,92)95-4-19-34(29(80)49(100-19)74-14-69-24-39(54)59-9-64-44(24)74)104-109(87,88)93-2-17-32(102-107(82,83)84)27(78)47(98-17)72-12-67-22-37(52)57-7-62-42(22)72/h6-20,26-35,46-50,76-81H,1-5H2,(H,85,86)(H,87,88)(H,89,90)(H,91,92)(H2,51,56,61)(H2,52,57,62)(H2,53,58,63)(H2,54,59,64)(H2,55,60,65)(H2,82,83,84)/t16-,17-,18-,19-,20-,26-,27-,28-,29-,30-,31-,32-,33-,34-,35-,46-,47-,48-,49-,50-/m1/s1. The summed E-state index contributed by atoms with van der Waals surface area (Å²) in [6.07, 6.45) is -28.3. The molecule has 24 atom stereocenters. The van der Waals surface area contributed by atoms with Crippen LogP contribution in [0.2, 0.25) is 0 Å². The summed E-state index contributed by atoms with van der Waals surface area (Å²) in [6, 6.07) is 0. The van der Waals surface area contributed by atoms with Crippen molar-refractivity contribution in [1.29, 1.82) is 0 Å². The molecule has 22 N–H and O–H groups in total. The number of hydrogen-bond donors (Lipinski definition) is 17. The molecule has 56 nitrogen and oxygen atoms in total. The van der Waals surface area contributed by atoms with Gasteiger partial charge in [-0.3, -0.25) is 63.5 Å². The highest BCUT2D eigenvalue weighted by Gasteiger charge is 2.57. The number of anilines is 5. The fourth-order valence-electron chi connectivity index (χ4n) is 12.9. The van der Waals surface area contributed by atoms with Crippen LogP contribution in [0, 0.1) is 0 Å². The molecule has 5 aliphatic rings. The Hall–Kier alpha value is -8.14. The van der Waals surface area contributed by atoms with Crippen LogP contribution in [0.25, 0.3) is 55.8 Å². The molecule has 5 aliphatic heterocycles. The lowest BCUT2D eigenvalue weighted by molar-refractivity contribution is -0.0641. The topological polar surface area (TPSA) is 805 Å². The lowest BCUT2D eigenvalue weighted by Crippen LogP contribution is -2.38. The first-order valence-corrected chi connectivity index (χ1v) is 39.5. The number of aliphatic hydroxyl groups excluding tert-OH is 6. The van der Waals surface area contributed by atoms with Crippen molar-refractivity contribution < 1.29 is 147 Å². The zero-order valence-electron chi connectivity index (χ0n) is 55.5. The first-order valence-electron chi connectivity index (χ1n) is 32.0. The van der Waals surface area contributed by atoms with E-state index in [9.17, 15) is 82.8 Å². The number of phosphoric acid groups is 5. The minimum Gasteiger partial charge on any atom is -0.394 e. The summed E-state index contributed by atoms with van der Waals surface area (Å²) in [4.78, 5) is 126. The fourth-order valence-corrected chi connectivity index (χ4v) is 17.4. The van der Waals surface area contributed by atoms with E-state index in [2.05, 4.69) is 74.8 Å². The SMILES string of the molecule is Nc1ncnc2c1ncn2[C@@H]1O[C@H](COP(=O)(O)O[C@H]2[C@@H](O)[C@H](n3cnc4c(N)ncnc43)O[C@@H]2COP(=O)(O)O[C@H]2[C@@H](O)[C@H](n3cnc4c(N)ncnc43)O[C@@H]2COP(=O)(O)O[C@H]2[C@@H](O)[C@H](n3cnc4c(N)ncnc43)O[C@@H]2COP(=O)(O)O[C@H]2[C@@H](O)[C@H](n3cnc4c(N)ncnc43)O[C@@H]2CO)[C@@H](OP(=O)(O)O)[C@H]1O. The quantitative estimate of drug-likeness (QED) is 0.0204. The minimum absolute atomic E-state index is 0.0125. The molecule has 61 heteroatoms. The van der Waals surface area contributed by atoms with Gasteiger partial charge in [-0.25, -0.2) is 97.6 Å². The van der Waals surface area contributed by atoms with Gasteiger partial charge in [0.2, 0.25) is 0 Å². The van der Waals surface area contributed by atoms with Gasteiger partial charge < -0.3 is 112 Å². The zero-order chi connectivity index (χ0) is 78.7. The number of ether oxygens (including phenoxy) is 5. The van der Waals surface area contributed by atoms with E-state index in [0.29, 0.717) is 0 Å². The molecule has 0 spiro atoms. The Kier molecular flexibility index (Phi) is 21.1. The number of nitrogens with zero attached hydrogens (tertiary/aromatic N) is 20. The molecule has 0 radical (unpaired) electrons. The Morgan fingerprint density at radius 1 is 0.315 bits per heavy atom. The highest BCUT2D eigenvalue weighted by Crippen LogP contribution is 2.56. The van der Waals surface area contributed by atoms with Gasteiger partial charge in [-0.15, -0.1) is 0 Å². The van der Waals surface area contributed by atoms with Gasteiger partial charge in [-0.1, -0.05) is 0 Å². The van der Waals surface area contributed by atoms with Crippen LogP contribution >= 0.6 is 39.1 Å². The molecule has 15 heterocycles. The van der Waals surface area contributed by atoms with E-state index < -0.39 is 195 Å². The lowest BCUT2D eigenvalue weighted by atomic mass is 10.1. The molecule has 0 bridgehead atoms. The van der Waals surface area contributed by atoms with Gasteiger partial charge in [0.1, 0.15) is 151 Å². The first kappa shape index (κ1) is 78.1. The molecule has 0 saturated carbocycles. The summed E-state index contributed by atoms with van der Waals surface area (Å²) < 4.78 is 153. The summed E-state index contributed by atoms with van der Waals surface area (Å²) in [7, 11) is -28.5. The molecule has 10 aromatic rings. The van der Waals surface area contributed by atoms with Crippen molar-refractivity contribution in [2.75, 3.05) is 61.7 Å². The van der Waals surface area contributed by atoms with E-state index in [1.54, 1.807) is 0 Å². The smallest absolute Gasteiger partial charge is 0.394 e. The normalized spacial score (nSPS) is 31.5. The predicted molar refractivity (Wildman–Crippen MR) is 355 cm³/mol. The highest BCUT2D eigenvalue weighted by molar-refractivity contribution is 7.48. The molecule has 5 saturated heterocycles. The molecule has 10 aromatic heterocycles. The first-order chi connectivity index (χ1) is 52.7. The molecule has 0 amide bonds. The van der Waals surface area contributed by atoms with E-state index in [1.807, 2.05) is 0 Å². The predicted octanol–water partition coefficient (Wildman–Crippen LogP) is -5.13. The second kappa shape index (κ2) is 30.0. The van der Waals surface area contributed by atoms with Crippen molar-refractivity contribution in [1.82, 2.24) is 97.6 Å². The van der Waals surface area contributed by atoms with Gasteiger partial charge in [0.15, 0.2) is 88.5 Å². The number of rotatable bonds is 28. The largest absolute Gasteiger partial charge is 0.472 e. The van der Waals surface area contributed by atoms with Crippen LogP contribution in [0.15, 0.2) is 63.3 Å². The third-order valence-electron chi connectivity index (χ3n) is 17.9. The summed E-state index contributed by atoms with van der Waals surface area (Å²) >= 11 is 0. The number of nitrogen functional groups attached to an aromatic ring is 5. The van der Waals surface area contributed by atoms with Crippen LogP contribution < -0.4 is 28.7 Å². The average Bonchev–Trinajstić information content (AvgIpc) is 1.63. The molecule has 15 rings (SSSR count). The van der Waals surface area contributed by atoms with Crippen LogP contribution in [0.5, 0.6) is 0 Å². The Balaban J connectivity index is 0.667. The summed E-state index contributed by atoms with van der Waals surface area (Å²) in [5.41, 5.74) is 29.5. The average molecular weight is 1660 g/mol. The van der Waals surface area contributed by atoms with Crippen molar-refractivity contribution in [3.8, 4) is 0 Å². The van der Waals surface area contributed by atoms with Gasteiger partial charge in [0.25, 0.3) is 0 Å². The molecule has 0 aromatic carbocycles. The number of hydrogen-bond acceptors (Lipinski definition) is 45. The van der Waals surface area contributed by atoms with Crippen molar-refractivity contribution in [3.05, 3.63) is 63.3 Å². The van der Waals surface area contributed by atoms with Crippen LogP contribution in [-0.2, 0) is 87.2 Å². The molecule has 598 valence electrons. The van der Waals surface area contributed by atoms with Crippen molar-refractivity contribution in [3.63, 3.8) is 0 Å². The summed E-state index contributed by atoms with van der Waals surface area (Å²) in [5, 5.41) is 69.2. The Morgan fingerprint density at radius 3 is 0.721 bits per heavy atom. The monoisotopic (exact) mass is 1660 g/mol. The number of phosphoric ester groups is 5. The van der Waals surface area contributed by atoms with Crippen molar-refractivity contribution >= 4 is 124 Å². The molecule has 5 fully saturated rings. The summed E-state index contributed by atoms with van der Waals surface area (Å²) in [6.45, 7) is -5.92. The number of imidazole rings is 5. The molecule has 0 aliphatic carbocycles. The summed E-state index contributed by atoms with van der Waals surface area (Å²) in [5.74, 6) is -0.648. The second-order valence-electron chi connectivity index (χ2n) is 24.8. The Bertz CT molecular complexity index is 5400. The zero-order valence-corrected chi connectivity index (χ0v) is 60.0. The number of nitrogens with two attached hydrogens (primary N) is 5. The third-order valence-corrected chi connectivity index (χ3v) is 22.4. The van der Waals surface area contributed by atoms with E-state index in [4.69, 9.17) is 93.1 Å². The van der Waals surface area contributed by atoms with E-state index in [-0.39, 0.29) is 84.9 Å².